The predicted molar refractivity (Wildman–Crippen MR) is 101 cm³/mol. The number of carbonyl (C=O) groups excluding carboxylic acids is 1. The second-order valence-corrected chi connectivity index (χ2v) is 6.46. The molecule has 1 N–H and O–H groups in total. The van der Waals surface area contributed by atoms with Crippen LogP contribution in [-0.2, 0) is 4.79 Å². The summed E-state index contributed by atoms with van der Waals surface area (Å²) in [6.45, 7) is 4.12. The van der Waals surface area contributed by atoms with Crippen LogP contribution in [0.3, 0.4) is 0 Å². The van der Waals surface area contributed by atoms with Gasteiger partial charge in [-0.3, -0.25) is 4.79 Å². The van der Waals surface area contributed by atoms with Gasteiger partial charge in [-0.15, -0.1) is 0 Å². The fourth-order valence-electron chi connectivity index (χ4n) is 3.07. The van der Waals surface area contributed by atoms with E-state index in [-0.39, 0.29) is 11.5 Å². The van der Waals surface area contributed by atoms with Crippen molar-refractivity contribution in [3.05, 3.63) is 69.8 Å². The average Bonchev–Trinajstić information content (AvgIpc) is 2.93. The lowest BCUT2D eigenvalue weighted by Gasteiger charge is -2.05. The third-order valence-electron chi connectivity index (χ3n) is 4.56. The molecule has 0 amide bonds. The molecule has 0 aliphatic heterocycles. The van der Waals surface area contributed by atoms with Crippen molar-refractivity contribution in [1.29, 1.82) is 0 Å². The van der Waals surface area contributed by atoms with Crippen LogP contribution in [0, 0.1) is 13.8 Å². The SMILES string of the molecule is COc1cc(/C=C2\CC/C(=C\c3cc(C)ccc3C)C2=O)ccc1O. The highest BCUT2D eigenvalue weighted by Gasteiger charge is 2.23. The molecule has 0 radical (unpaired) electrons. The monoisotopic (exact) mass is 334 g/mol. The van der Waals surface area contributed by atoms with Gasteiger partial charge in [0, 0.05) is 11.1 Å². The Hall–Kier alpha value is -2.81. The molecule has 2 aromatic carbocycles. The zero-order valence-corrected chi connectivity index (χ0v) is 14.8. The molecule has 0 heterocycles. The van der Waals surface area contributed by atoms with E-state index >= 15 is 0 Å². The normalized spacial score (nSPS) is 17.5. The van der Waals surface area contributed by atoms with Crippen molar-refractivity contribution >= 4 is 17.9 Å². The zero-order valence-electron chi connectivity index (χ0n) is 14.8. The van der Waals surface area contributed by atoms with Crippen LogP contribution in [0.2, 0.25) is 0 Å². The summed E-state index contributed by atoms with van der Waals surface area (Å²) in [4.78, 5) is 12.7. The maximum absolute atomic E-state index is 12.7. The molecule has 25 heavy (non-hydrogen) atoms. The van der Waals surface area contributed by atoms with Crippen LogP contribution in [0.25, 0.3) is 12.2 Å². The topological polar surface area (TPSA) is 46.5 Å². The van der Waals surface area contributed by atoms with Crippen LogP contribution >= 0.6 is 0 Å². The number of aryl methyl sites for hydroxylation is 2. The lowest BCUT2D eigenvalue weighted by Crippen LogP contribution is -1.96. The van der Waals surface area contributed by atoms with Crippen LogP contribution in [0.1, 0.15) is 35.1 Å². The summed E-state index contributed by atoms with van der Waals surface area (Å²) in [6.07, 6.45) is 5.39. The molecule has 0 unspecified atom stereocenters. The van der Waals surface area contributed by atoms with Gasteiger partial charge in [-0.25, -0.2) is 0 Å². The molecule has 3 heteroatoms. The molecular formula is C22H22O3. The number of methoxy groups -OCH3 is 1. The Kier molecular flexibility index (Phi) is 4.75. The van der Waals surface area contributed by atoms with E-state index < -0.39 is 0 Å². The summed E-state index contributed by atoms with van der Waals surface area (Å²) < 4.78 is 5.13. The molecule has 128 valence electrons. The number of ether oxygens (including phenoxy) is 1. The molecular weight excluding hydrogens is 312 g/mol. The molecule has 0 aromatic heterocycles. The van der Waals surface area contributed by atoms with Crippen LogP contribution in [0.5, 0.6) is 11.5 Å². The van der Waals surface area contributed by atoms with E-state index in [0.29, 0.717) is 5.75 Å². The number of phenols is 1. The summed E-state index contributed by atoms with van der Waals surface area (Å²) in [5.74, 6) is 0.608. The van der Waals surface area contributed by atoms with Gasteiger partial charge in [0.25, 0.3) is 0 Å². The van der Waals surface area contributed by atoms with Gasteiger partial charge >= 0.3 is 0 Å². The summed E-state index contributed by atoms with van der Waals surface area (Å²) >= 11 is 0. The molecule has 3 rings (SSSR count). The van der Waals surface area contributed by atoms with Gasteiger partial charge in [0.2, 0.25) is 0 Å². The van der Waals surface area contributed by atoms with Crippen molar-refractivity contribution < 1.29 is 14.6 Å². The zero-order chi connectivity index (χ0) is 18.0. The minimum absolute atomic E-state index is 0.0953. The van der Waals surface area contributed by atoms with Crippen LogP contribution in [0.15, 0.2) is 47.5 Å². The number of benzene rings is 2. The lowest BCUT2D eigenvalue weighted by atomic mass is 10.0. The minimum atomic E-state index is 0.0953. The number of rotatable bonds is 3. The van der Waals surface area contributed by atoms with E-state index in [1.165, 1.54) is 18.2 Å². The smallest absolute Gasteiger partial charge is 0.185 e. The van der Waals surface area contributed by atoms with E-state index in [1.807, 2.05) is 12.2 Å². The fraction of sp³-hybridized carbons (Fsp3) is 0.227. The van der Waals surface area contributed by atoms with Gasteiger partial charge in [-0.2, -0.15) is 0 Å². The second kappa shape index (κ2) is 6.98. The van der Waals surface area contributed by atoms with Crippen molar-refractivity contribution in [3.63, 3.8) is 0 Å². The number of ketones is 1. The van der Waals surface area contributed by atoms with Crippen molar-refractivity contribution in [1.82, 2.24) is 0 Å². The lowest BCUT2D eigenvalue weighted by molar-refractivity contribution is -0.111. The molecule has 0 bridgehead atoms. The highest BCUT2D eigenvalue weighted by Crippen LogP contribution is 2.32. The van der Waals surface area contributed by atoms with Gasteiger partial charge in [0.15, 0.2) is 17.3 Å². The van der Waals surface area contributed by atoms with E-state index in [2.05, 4.69) is 32.0 Å². The first-order valence-corrected chi connectivity index (χ1v) is 8.38. The molecule has 1 aliphatic carbocycles. The summed E-state index contributed by atoms with van der Waals surface area (Å²) in [5.41, 5.74) is 5.97. The van der Waals surface area contributed by atoms with Crippen molar-refractivity contribution in [2.45, 2.75) is 26.7 Å². The number of Topliss-reactive ketones (excluding diaryl/α,β-unsaturated/α-hetero) is 1. The second-order valence-electron chi connectivity index (χ2n) is 6.46. The third-order valence-corrected chi connectivity index (χ3v) is 4.56. The number of carbonyl (C=O) groups is 1. The van der Waals surface area contributed by atoms with Crippen LogP contribution in [-0.4, -0.2) is 18.0 Å². The van der Waals surface area contributed by atoms with E-state index in [4.69, 9.17) is 4.74 Å². The first kappa shape index (κ1) is 17.0. The molecule has 2 aromatic rings. The van der Waals surface area contributed by atoms with Crippen LogP contribution in [0.4, 0.5) is 0 Å². The Morgan fingerprint density at radius 1 is 1.00 bits per heavy atom. The maximum Gasteiger partial charge on any atom is 0.185 e. The van der Waals surface area contributed by atoms with Gasteiger partial charge < -0.3 is 9.84 Å². The number of aromatic hydroxyl groups is 1. The Bertz CT molecular complexity index is 888. The first-order valence-electron chi connectivity index (χ1n) is 8.38. The molecule has 1 saturated carbocycles. The summed E-state index contributed by atoms with van der Waals surface area (Å²) in [5, 5.41) is 9.68. The molecule has 0 spiro atoms. The highest BCUT2D eigenvalue weighted by molar-refractivity contribution is 6.15. The molecule has 3 nitrogen and oxygen atoms in total. The number of hydrogen-bond donors (Lipinski definition) is 1. The first-order chi connectivity index (χ1) is 12.0. The predicted octanol–water partition coefficient (Wildman–Crippen LogP) is 4.85. The van der Waals surface area contributed by atoms with E-state index in [9.17, 15) is 9.90 Å². The van der Waals surface area contributed by atoms with Gasteiger partial charge in [0.1, 0.15) is 0 Å². The van der Waals surface area contributed by atoms with Gasteiger partial charge in [-0.05, 0) is 67.7 Å². The Labute approximate surface area is 148 Å². The average molecular weight is 334 g/mol. The van der Waals surface area contributed by atoms with Crippen molar-refractivity contribution in [2.24, 2.45) is 0 Å². The summed E-state index contributed by atoms with van der Waals surface area (Å²) in [6, 6.07) is 11.4. The highest BCUT2D eigenvalue weighted by atomic mass is 16.5. The summed E-state index contributed by atoms with van der Waals surface area (Å²) in [7, 11) is 1.51. The molecule has 0 atom stereocenters. The fourth-order valence-corrected chi connectivity index (χ4v) is 3.07. The standard InChI is InChI=1S/C22H22O3/c1-14-4-5-15(2)19(10-14)13-18-8-7-17(22(18)24)11-16-6-9-20(23)21(12-16)25-3/h4-6,9-13,23H,7-8H2,1-3H3/b17-11+,18-13+. The Morgan fingerprint density at radius 2 is 1.72 bits per heavy atom. The molecule has 1 aliphatic rings. The van der Waals surface area contributed by atoms with Gasteiger partial charge in [-0.1, -0.05) is 29.8 Å². The van der Waals surface area contributed by atoms with Crippen molar-refractivity contribution in [2.75, 3.05) is 7.11 Å². The minimum Gasteiger partial charge on any atom is -0.504 e. The Morgan fingerprint density at radius 3 is 2.44 bits per heavy atom. The van der Waals surface area contributed by atoms with E-state index in [1.54, 1.807) is 18.2 Å². The van der Waals surface area contributed by atoms with Crippen molar-refractivity contribution in [3.8, 4) is 11.5 Å². The molecule has 1 fully saturated rings. The Balaban J connectivity index is 1.89. The largest absolute Gasteiger partial charge is 0.504 e. The maximum atomic E-state index is 12.7. The number of phenolic OH excluding ortho intramolecular Hbond substituents is 1. The van der Waals surface area contributed by atoms with Crippen LogP contribution < -0.4 is 4.74 Å². The number of allylic oxidation sites excluding steroid dienone is 2. The third kappa shape index (κ3) is 3.66. The number of hydrogen-bond acceptors (Lipinski definition) is 3. The van der Waals surface area contributed by atoms with E-state index in [0.717, 1.165) is 35.1 Å². The quantitative estimate of drug-likeness (QED) is 0.816. The van der Waals surface area contributed by atoms with Gasteiger partial charge in [0.05, 0.1) is 7.11 Å². The molecule has 0 saturated heterocycles.